The standard InChI is InChI=1S/C16H16BrN/c1-12-6-7-13(8-16(12)17)9-18-10-14-4-2-3-5-15(14)11-18/h2-8H,9-11H2,1H3. The third kappa shape index (κ3) is 2.36. The zero-order chi connectivity index (χ0) is 12.5. The van der Waals surface area contributed by atoms with Crippen LogP contribution in [0.1, 0.15) is 22.3 Å². The molecule has 2 aromatic carbocycles. The highest BCUT2D eigenvalue weighted by Gasteiger charge is 2.18. The maximum atomic E-state index is 3.61. The highest BCUT2D eigenvalue weighted by molar-refractivity contribution is 9.10. The van der Waals surface area contributed by atoms with Gasteiger partial charge in [-0.1, -0.05) is 52.3 Å². The van der Waals surface area contributed by atoms with Crippen LogP contribution in [-0.4, -0.2) is 4.90 Å². The van der Waals surface area contributed by atoms with Crippen LogP contribution in [0.4, 0.5) is 0 Å². The van der Waals surface area contributed by atoms with Crippen LogP contribution >= 0.6 is 15.9 Å². The summed E-state index contributed by atoms with van der Waals surface area (Å²) in [5.74, 6) is 0. The molecule has 0 fully saturated rings. The average Bonchev–Trinajstić information content (AvgIpc) is 2.76. The Bertz CT molecular complexity index is 552. The fourth-order valence-electron chi connectivity index (χ4n) is 2.51. The lowest BCUT2D eigenvalue weighted by molar-refractivity contribution is 0.275. The maximum absolute atomic E-state index is 3.61. The number of nitrogens with zero attached hydrogens (tertiary/aromatic N) is 1. The molecule has 0 aliphatic carbocycles. The quantitative estimate of drug-likeness (QED) is 0.800. The summed E-state index contributed by atoms with van der Waals surface area (Å²) in [5.41, 5.74) is 5.62. The molecule has 2 heteroatoms. The van der Waals surface area contributed by atoms with Crippen LogP contribution in [0.2, 0.25) is 0 Å². The Hall–Kier alpha value is -1.12. The normalized spacial score (nSPS) is 14.8. The van der Waals surface area contributed by atoms with Crippen molar-refractivity contribution in [3.05, 3.63) is 69.2 Å². The molecule has 2 aromatic rings. The van der Waals surface area contributed by atoms with Gasteiger partial charge in [-0.15, -0.1) is 0 Å². The number of aryl methyl sites for hydroxylation is 1. The average molecular weight is 302 g/mol. The number of benzene rings is 2. The molecular formula is C16H16BrN. The fourth-order valence-corrected chi connectivity index (χ4v) is 2.93. The van der Waals surface area contributed by atoms with E-state index >= 15 is 0 Å². The van der Waals surface area contributed by atoms with E-state index < -0.39 is 0 Å². The lowest BCUT2D eigenvalue weighted by Crippen LogP contribution is -2.15. The monoisotopic (exact) mass is 301 g/mol. The molecule has 0 saturated heterocycles. The molecule has 1 heterocycles. The van der Waals surface area contributed by atoms with Crippen molar-refractivity contribution < 1.29 is 0 Å². The van der Waals surface area contributed by atoms with E-state index in [0.29, 0.717) is 0 Å². The van der Waals surface area contributed by atoms with E-state index in [1.165, 1.54) is 26.7 Å². The van der Waals surface area contributed by atoms with Crippen LogP contribution in [-0.2, 0) is 19.6 Å². The predicted octanol–water partition coefficient (Wildman–Crippen LogP) is 4.27. The first-order chi connectivity index (χ1) is 8.72. The second-order valence-electron chi connectivity index (χ2n) is 5.00. The predicted molar refractivity (Wildman–Crippen MR) is 78.3 cm³/mol. The molecule has 3 rings (SSSR count). The summed E-state index contributed by atoms with van der Waals surface area (Å²) in [4.78, 5) is 2.49. The number of hydrogen-bond acceptors (Lipinski definition) is 1. The molecule has 1 nitrogen and oxygen atoms in total. The van der Waals surface area contributed by atoms with Gasteiger partial charge in [0.15, 0.2) is 0 Å². The number of rotatable bonds is 2. The zero-order valence-corrected chi connectivity index (χ0v) is 12.1. The van der Waals surface area contributed by atoms with Crippen molar-refractivity contribution >= 4 is 15.9 Å². The van der Waals surface area contributed by atoms with Crippen molar-refractivity contribution in [1.82, 2.24) is 4.90 Å². The summed E-state index contributed by atoms with van der Waals surface area (Å²) in [7, 11) is 0. The lowest BCUT2D eigenvalue weighted by Gasteiger charge is -2.15. The molecule has 0 bridgehead atoms. The van der Waals surface area contributed by atoms with E-state index in [9.17, 15) is 0 Å². The second kappa shape index (κ2) is 4.87. The van der Waals surface area contributed by atoms with E-state index in [1.807, 2.05) is 0 Å². The Morgan fingerprint density at radius 2 is 1.72 bits per heavy atom. The van der Waals surface area contributed by atoms with Gasteiger partial charge < -0.3 is 0 Å². The lowest BCUT2D eigenvalue weighted by atomic mass is 10.1. The molecule has 0 radical (unpaired) electrons. The van der Waals surface area contributed by atoms with E-state index in [1.54, 1.807) is 0 Å². The van der Waals surface area contributed by atoms with E-state index in [-0.39, 0.29) is 0 Å². The smallest absolute Gasteiger partial charge is 0.0244 e. The Labute approximate surface area is 117 Å². The van der Waals surface area contributed by atoms with Crippen molar-refractivity contribution in [2.45, 2.75) is 26.6 Å². The highest BCUT2D eigenvalue weighted by Crippen LogP contribution is 2.25. The molecule has 0 saturated carbocycles. The minimum Gasteiger partial charge on any atom is -0.291 e. The van der Waals surface area contributed by atoms with E-state index in [4.69, 9.17) is 0 Å². The minimum absolute atomic E-state index is 1.02. The maximum Gasteiger partial charge on any atom is 0.0244 e. The summed E-state index contributed by atoms with van der Waals surface area (Å²) in [6, 6.07) is 15.4. The first-order valence-electron chi connectivity index (χ1n) is 6.26. The number of hydrogen-bond donors (Lipinski definition) is 0. The van der Waals surface area contributed by atoms with Crippen LogP contribution in [0.3, 0.4) is 0 Å². The fraction of sp³-hybridized carbons (Fsp3) is 0.250. The number of halogens is 1. The first-order valence-corrected chi connectivity index (χ1v) is 7.06. The van der Waals surface area contributed by atoms with Gasteiger partial charge in [0, 0.05) is 24.1 Å². The molecule has 0 atom stereocenters. The van der Waals surface area contributed by atoms with Gasteiger partial charge in [0.05, 0.1) is 0 Å². The zero-order valence-electron chi connectivity index (χ0n) is 10.5. The summed E-state index contributed by atoms with van der Waals surface area (Å²) < 4.78 is 1.21. The largest absolute Gasteiger partial charge is 0.291 e. The van der Waals surface area contributed by atoms with Crippen molar-refractivity contribution in [3.63, 3.8) is 0 Å². The van der Waals surface area contributed by atoms with Gasteiger partial charge in [0.1, 0.15) is 0 Å². The van der Waals surface area contributed by atoms with E-state index in [0.717, 1.165) is 19.6 Å². The summed E-state index contributed by atoms with van der Waals surface area (Å²) in [6.45, 7) is 5.29. The molecule has 18 heavy (non-hydrogen) atoms. The molecule has 0 spiro atoms. The van der Waals surface area contributed by atoms with Crippen LogP contribution in [0.5, 0.6) is 0 Å². The molecule has 0 N–H and O–H groups in total. The third-order valence-electron chi connectivity index (χ3n) is 3.55. The molecule has 92 valence electrons. The van der Waals surface area contributed by atoms with Gasteiger partial charge in [-0.2, -0.15) is 0 Å². The van der Waals surface area contributed by atoms with Gasteiger partial charge >= 0.3 is 0 Å². The molecule has 0 unspecified atom stereocenters. The first kappa shape index (κ1) is 11.9. The van der Waals surface area contributed by atoms with Crippen LogP contribution < -0.4 is 0 Å². The van der Waals surface area contributed by atoms with Gasteiger partial charge in [0.25, 0.3) is 0 Å². The topological polar surface area (TPSA) is 3.24 Å². The van der Waals surface area contributed by atoms with Crippen LogP contribution in [0.15, 0.2) is 46.9 Å². The third-order valence-corrected chi connectivity index (χ3v) is 4.40. The summed E-state index contributed by atoms with van der Waals surface area (Å²) in [6.07, 6.45) is 0. The van der Waals surface area contributed by atoms with Crippen molar-refractivity contribution in [3.8, 4) is 0 Å². The second-order valence-corrected chi connectivity index (χ2v) is 5.85. The number of fused-ring (bicyclic) bond motifs is 1. The minimum atomic E-state index is 1.02. The molecule has 1 aliphatic heterocycles. The van der Waals surface area contributed by atoms with Gasteiger partial charge in [0.2, 0.25) is 0 Å². The van der Waals surface area contributed by atoms with Gasteiger partial charge in [-0.25, -0.2) is 0 Å². The summed E-state index contributed by atoms with van der Waals surface area (Å²) >= 11 is 3.61. The molecule has 1 aliphatic rings. The Morgan fingerprint density at radius 3 is 2.33 bits per heavy atom. The van der Waals surface area contributed by atoms with E-state index in [2.05, 4.69) is 70.2 Å². The van der Waals surface area contributed by atoms with Crippen molar-refractivity contribution in [1.29, 1.82) is 0 Å². The van der Waals surface area contributed by atoms with Crippen molar-refractivity contribution in [2.75, 3.05) is 0 Å². The Kier molecular flexibility index (Phi) is 3.23. The van der Waals surface area contributed by atoms with Crippen LogP contribution in [0.25, 0.3) is 0 Å². The molecule has 0 amide bonds. The van der Waals surface area contributed by atoms with Crippen molar-refractivity contribution in [2.24, 2.45) is 0 Å². The van der Waals surface area contributed by atoms with Crippen LogP contribution in [0, 0.1) is 6.92 Å². The SMILES string of the molecule is Cc1ccc(CN2Cc3ccccc3C2)cc1Br. The molecular weight excluding hydrogens is 286 g/mol. The summed E-state index contributed by atoms with van der Waals surface area (Å²) in [5, 5.41) is 0. The Morgan fingerprint density at radius 1 is 1.06 bits per heavy atom. The van der Waals surface area contributed by atoms with Gasteiger partial charge in [-0.3, -0.25) is 4.90 Å². The Balaban J connectivity index is 1.74. The highest BCUT2D eigenvalue weighted by atomic mass is 79.9. The van der Waals surface area contributed by atoms with Gasteiger partial charge in [-0.05, 0) is 35.2 Å². The molecule has 0 aromatic heterocycles.